The first kappa shape index (κ1) is 13.4. The van der Waals surface area contributed by atoms with Crippen LogP contribution >= 0.6 is 27.5 Å². The Bertz CT molecular complexity index is 540. The van der Waals surface area contributed by atoms with Gasteiger partial charge in [-0.3, -0.25) is 0 Å². The smallest absolute Gasteiger partial charge is 0.0504 e. The van der Waals surface area contributed by atoms with E-state index in [0.717, 1.165) is 20.7 Å². The van der Waals surface area contributed by atoms with Crippen molar-refractivity contribution < 1.29 is 0 Å². The zero-order chi connectivity index (χ0) is 13.1. The highest BCUT2D eigenvalue weighted by Crippen LogP contribution is 2.31. The molecule has 0 aliphatic heterocycles. The van der Waals surface area contributed by atoms with Gasteiger partial charge in [-0.05, 0) is 53.0 Å². The first-order valence-electron chi connectivity index (χ1n) is 5.85. The topological polar surface area (TPSA) is 12.0 Å². The van der Waals surface area contributed by atoms with Crippen molar-refractivity contribution in [1.82, 2.24) is 0 Å². The van der Waals surface area contributed by atoms with E-state index in [9.17, 15) is 0 Å². The van der Waals surface area contributed by atoms with E-state index < -0.39 is 0 Å². The summed E-state index contributed by atoms with van der Waals surface area (Å²) in [5.74, 6) is 0. The van der Waals surface area contributed by atoms with Gasteiger partial charge in [-0.2, -0.15) is 0 Å². The summed E-state index contributed by atoms with van der Waals surface area (Å²) in [5.41, 5.74) is 3.34. The number of benzene rings is 2. The summed E-state index contributed by atoms with van der Waals surface area (Å²) in [5, 5.41) is 4.24. The Hall–Kier alpha value is -0.990. The first-order valence-corrected chi connectivity index (χ1v) is 7.02. The maximum absolute atomic E-state index is 6.15. The van der Waals surface area contributed by atoms with Crippen molar-refractivity contribution in [2.24, 2.45) is 0 Å². The largest absolute Gasteiger partial charge is 0.378 e. The molecule has 1 unspecified atom stereocenters. The van der Waals surface area contributed by atoms with Crippen molar-refractivity contribution in [1.29, 1.82) is 0 Å². The lowest BCUT2D eigenvalue weighted by Crippen LogP contribution is -2.07. The molecule has 0 amide bonds. The van der Waals surface area contributed by atoms with Crippen LogP contribution in [0.5, 0.6) is 0 Å². The molecule has 0 aliphatic rings. The van der Waals surface area contributed by atoms with Gasteiger partial charge in [0.05, 0.1) is 5.69 Å². The molecule has 0 aliphatic carbocycles. The fourth-order valence-electron chi connectivity index (χ4n) is 1.82. The second-order valence-corrected chi connectivity index (χ2v) is 5.62. The van der Waals surface area contributed by atoms with Crippen LogP contribution < -0.4 is 5.32 Å². The summed E-state index contributed by atoms with van der Waals surface area (Å²) >= 11 is 9.72. The minimum absolute atomic E-state index is 0.237. The molecule has 2 aromatic carbocycles. The van der Waals surface area contributed by atoms with Gasteiger partial charge in [0.1, 0.15) is 0 Å². The highest BCUT2D eigenvalue weighted by molar-refractivity contribution is 9.10. The van der Waals surface area contributed by atoms with E-state index in [1.165, 1.54) is 5.56 Å². The van der Waals surface area contributed by atoms with Crippen molar-refractivity contribution in [2.75, 3.05) is 5.32 Å². The van der Waals surface area contributed by atoms with E-state index in [1.54, 1.807) is 0 Å². The van der Waals surface area contributed by atoms with E-state index in [2.05, 4.69) is 40.3 Å². The van der Waals surface area contributed by atoms with E-state index in [4.69, 9.17) is 11.6 Å². The number of rotatable bonds is 3. The third-order valence-electron chi connectivity index (χ3n) is 2.92. The summed E-state index contributed by atoms with van der Waals surface area (Å²) < 4.78 is 1.03. The molecule has 94 valence electrons. The summed E-state index contributed by atoms with van der Waals surface area (Å²) in [4.78, 5) is 0. The molecule has 18 heavy (non-hydrogen) atoms. The van der Waals surface area contributed by atoms with Crippen molar-refractivity contribution in [3.63, 3.8) is 0 Å². The zero-order valence-corrected chi connectivity index (χ0v) is 12.7. The van der Waals surface area contributed by atoms with Crippen LogP contribution in [0.25, 0.3) is 0 Å². The molecule has 0 saturated carbocycles. The van der Waals surface area contributed by atoms with Crippen LogP contribution in [0.2, 0.25) is 5.02 Å². The molecule has 0 saturated heterocycles. The van der Waals surface area contributed by atoms with E-state index in [0.29, 0.717) is 0 Å². The summed E-state index contributed by atoms with van der Waals surface area (Å²) in [6.45, 7) is 4.13. The van der Waals surface area contributed by atoms with Gasteiger partial charge in [0, 0.05) is 15.5 Å². The Balaban J connectivity index is 2.22. The van der Waals surface area contributed by atoms with Gasteiger partial charge in [0.25, 0.3) is 0 Å². The standard InChI is InChI=1S/C15H15BrClN/c1-10-8-13(16)15(9-14(10)17)18-11(2)12-6-4-3-5-7-12/h3-9,11,18H,1-2H3. The normalized spacial score (nSPS) is 12.2. The second kappa shape index (κ2) is 5.77. The summed E-state index contributed by atoms with van der Waals surface area (Å²) in [6.07, 6.45) is 0. The zero-order valence-electron chi connectivity index (χ0n) is 10.4. The first-order chi connectivity index (χ1) is 8.58. The van der Waals surface area contributed by atoms with Gasteiger partial charge in [-0.15, -0.1) is 0 Å². The Morgan fingerprint density at radius 2 is 1.83 bits per heavy atom. The highest BCUT2D eigenvalue weighted by Gasteiger charge is 2.09. The Kier molecular flexibility index (Phi) is 4.31. The molecule has 3 heteroatoms. The maximum Gasteiger partial charge on any atom is 0.0504 e. The molecule has 0 spiro atoms. The molecule has 0 bridgehead atoms. The van der Waals surface area contributed by atoms with Crippen LogP contribution in [-0.2, 0) is 0 Å². The SMILES string of the molecule is Cc1cc(Br)c(NC(C)c2ccccc2)cc1Cl. The minimum atomic E-state index is 0.237. The maximum atomic E-state index is 6.15. The predicted molar refractivity (Wildman–Crippen MR) is 82.4 cm³/mol. The summed E-state index contributed by atoms with van der Waals surface area (Å²) in [6, 6.07) is 14.6. The second-order valence-electron chi connectivity index (χ2n) is 4.36. The van der Waals surface area contributed by atoms with Crippen molar-refractivity contribution in [3.05, 3.63) is 63.1 Å². The molecule has 0 heterocycles. The van der Waals surface area contributed by atoms with Gasteiger partial charge in [0.2, 0.25) is 0 Å². The molecular formula is C15H15BrClN. The number of halogens is 2. The van der Waals surface area contributed by atoms with Gasteiger partial charge < -0.3 is 5.32 Å². The molecule has 1 atom stereocenters. The van der Waals surface area contributed by atoms with Crippen LogP contribution in [0, 0.1) is 6.92 Å². The molecule has 0 aromatic heterocycles. The van der Waals surface area contributed by atoms with Crippen LogP contribution in [0.3, 0.4) is 0 Å². The third-order valence-corrected chi connectivity index (χ3v) is 3.98. The number of hydrogen-bond acceptors (Lipinski definition) is 1. The fourth-order valence-corrected chi connectivity index (χ4v) is 2.55. The lowest BCUT2D eigenvalue weighted by molar-refractivity contribution is 0.883. The van der Waals surface area contributed by atoms with Crippen LogP contribution in [0.4, 0.5) is 5.69 Å². The molecule has 0 radical (unpaired) electrons. The quantitative estimate of drug-likeness (QED) is 0.776. The molecule has 1 nitrogen and oxygen atoms in total. The molecular weight excluding hydrogens is 310 g/mol. The van der Waals surface area contributed by atoms with E-state index in [1.807, 2.05) is 37.3 Å². The van der Waals surface area contributed by atoms with Gasteiger partial charge in [0.15, 0.2) is 0 Å². The van der Waals surface area contributed by atoms with Crippen molar-refractivity contribution in [3.8, 4) is 0 Å². The van der Waals surface area contributed by atoms with Crippen LogP contribution in [-0.4, -0.2) is 0 Å². The van der Waals surface area contributed by atoms with Gasteiger partial charge >= 0.3 is 0 Å². The number of anilines is 1. The third kappa shape index (κ3) is 3.06. The van der Waals surface area contributed by atoms with Crippen LogP contribution in [0.15, 0.2) is 46.9 Å². The van der Waals surface area contributed by atoms with Crippen molar-refractivity contribution >= 4 is 33.2 Å². The lowest BCUT2D eigenvalue weighted by atomic mass is 10.1. The van der Waals surface area contributed by atoms with Gasteiger partial charge in [-0.25, -0.2) is 0 Å². The predicted octanol–water partition coefficient (Wildman–Crippen LogP) is 5.58. The average molecular weight is 325 g/mol. The monoisotopic (exact) mass is 323 g/mol. The van der Waals surface area contributed by atoms with Crippen LogP contribution in [0.1, 0.15) is 24.1 Å². The van der Waals surface area contributed by atoms with E-state index in [-0.39, 0.29) is 6.04 Å². The highest BCUT2D eigenvalue weighted by atomic mass is 79.9. The molecule has 2 aromatic rings. The number of nitrogens with one attached hydrogen (secondary N) is 1. The Labute approximate surface area is 121 Å². The molecule has 0 fully saturated rings. The number of aryl methyl sites for hydroxylation is 1. The fraction of sp³-hybridized carbons (Fsp3) is 0.200. The Morgan fingerprint density at radius 3 is 2.50 bits per heavy atom. The number of hydrogen-bond donors (Lipinski definition) is 1. The molecule has 1 N–H and O–H groups in total. The van der Waals surface area contributed by atoms with E-state index >= 15 is 0 Å². The average Bonchev–Trinajstić information content (AvgIpc) is 2.37. The van der Waals surface area contributed by atoms with Gasteiger partial charge in [-0.1, -0.05) is 41.9 Å². The minimum Gasteiger partial charge on any atom is -0.378 e. The molecule has 2 rings (SSSR count). The Morgan fingerprint density at radius 1 is 1.17 bits per heavy atom. The van der Waals surface area contributed by atoms with Crippen molar-refractivity contribution in [2.45, 2.75) is 19.9 Å². The lowest BCUT2D eigenvalue weighted by Gasteiger charge is -2.17. The summed E-state index contributed by atoms with van der Waals surface area (Å²) in [7, 11) is 0.